The normalized spacial score (nSPS) is 11.9. The highest BCUT2D eigenvalue weighted by atomic mass is 32.1. The van der Waals surface area contributed by atoms with Crippen LogP contribution < -0.4 is 11.2 Å². The van der Waals surface area contributed by atoms with Gasteiger partial charge in [-0.05, 0) is 36.6 Å². The SMILES string of the molecule is Cn1cc(/C=C(\CCCC(=O)O)c2nc3ccccc3s2)c(=O)n(C)c1=O. The summed E-state index contributed by atoms with van der Waals surface area (Å²) in [6, 6.07) is 7.72. The lowest BCUT2D eigenvalue weighted by Gasteiger charge is -2.07. The van der Waals surface area contributed by atoms with Crippen molar-refractivity contribution in [3.8, 4) is 0 Å². The van der Waals surface area contributed by atoms with E-state index in [1.54, 1.807) is 13.1 Å². The maximum Gasteiger partial charge on any atom is 0.330 e. The van der Waals surface area contributed by atoms with Gasteiger partial charge >= 0.3 is 11.7 Å². The molecule has 0 radical (unpaired) electrons. The molecule has 0 bridgehead atoms. The standard InChI is InChI=1S/C19H19N3O4S/c1-21-11-13(18(25)22(2)19(21)26)10-12(6-5-9-16(23)24)17-20-14-7-3-4-8-15(14)27-17/h3-4,7-8,10-11H,5-6,9H2,1-2H3,(H,23,24)/b12-10+. The zero-order valence-corrected chi connectivity index (χ0v) is 15.8. The Hall–Kier alpha value is -3.00. The molecule has 0 fully saturated rings. The van der Waals surface area contributed by atoms with Crippen molar-refractivity contribution in [2.45, 2.75) is 19.3 Å². The van der Waals surface area contributed by atoms with Crippen molar-refractivity contribution >= 4 is 39.2 Å². The second kappa shape index (κ2) is 7.71. The van der Waals surface area contributed by atoms with Crippen molar-refractivity contribution < 1.29 is 9.90 Å². The van der Waals surface area contributed by atoms with Gasteiger partial charge in [0.05, 0.1) is 15.8 Å². The van der Waals surface area contributed by atoms with Gasteiger partial charge in [-0.1, -0.05) is 12.1 Å². The van der Waals surface area contributed by atoms with E-state index in [4.69, 9.17) is 5.11 Å². The van der Waals surface area contributed by atoms with Crippen molar-refractivity contribution in [3.05, 3.63) is 61.9 Å². The molecule has 2 heterocycles. The van der Waals surface area contributed by atoms with Gasteiger partial charge in [0.1, 0.15) is 5.01 Å². The summed E-state index contributed by atoms with van der Waals surface area (Å²) in [6.45, 7) is 0. The number of nitrogens with zero attached hydrogens (tertiary/aromatic N) is 3. The molecule has 0 saturated heterocycles. The number of benzene rings is 1. The number of carboxylic acids is 1. The van der Waals surface area contributed by atoms with Crippen molar-refractivity contribution in [1.29, 1.82) is 0 Å². The van der Waals surface area contributed by atoms with E-state index in [0.29, 0.717) is 18.4 Å². The summed E-state index contributed by atoms with van der Waals surface area (Å²) in [5.74, 6) is -0.864. The van der Waals surface area contributed by atoms with Crippen molar-refractivity contribution in [2.75, 3.05) is 0 Å². The molecule has 0 spiro atoms. The van der Waals surface area contributed by atoms with E-state index in [-0.39, 0.29) is 6.42 Å². The number of para-hydroxylation sites is 1. The molecule has 0 atom stereocenters. The van der Waals surface area contributed by atoms with Crippen LogP contribution in [0.15, 0.2) is 40.1 Å². The van der Waals surface area contributed by atoms with Crippen LogP contribution in [0.1, 0.15) is 29.8 Å². The fraction of sp³-hybridized carbons (Fsp3) is 0.263. The third kappa shape index (κ3) is 4.06. The molecule has 0 aliphatic carbocycles. The van der Waals surface area contributed by atoms with Crippen LogP contribution in [0.3, 0.4) is 0 Å². The minimum atomic E-state index is -0.864. The third-order valence-corrected chi connectivity index (χ3v) is 5.32. The van der Waals surface area contributed by atoms with E-state index in [0.717, 1.165) is 25.4 Å². The lowest BCUT2D eigenvalue weighted by molar-refractivity contribution is -0.137. The molecule has 0 aliphatic heterocycles. The number of fused-ring (bicyclic) bond motifs is 1. The molecule has 0 amide bonds. The minimum Gasteiger partial charge on any atom is -0.481 e. The Balaban J connectivity index is 2.09. The van der Waals surface area contributed by atoms with Crippen LogP contribution in [0.25, 0.3) is 21.9 Å². The molecule has 8 heteroatoms. The highest BCUT2D eigenvalue weighted by Crippen LogP contribution is 2.30. The van der Waals surface area contributed by atoms with Crippen LogP contribution >= 0.6 is 11.3 Å². The fourth-order valence-corrected chi connectivity index (χ4v) is 3.81. The molecule has 2 aromatic heterocycles. The second-order valence-corrected chi connectivity index (χ2v) is 7.28. The van der Waals surface area contributed by atoms with Crippen LogP contribution in [0.2, 0.25) is 0 Å². The van der Waals surface area contributed by atoms with Crippen molar-refractivity contribution in [3.63, 3.8) is 0 Å². The molecule has 27 heavy (non-hydrogen) atoms. The second-order valence-electron chi connectivity index (χ2n) is 6.25. The number of aromatic nitrogens is 3. The Morgan fingerprint density at radius 2 is 1.96 bits per heavy atom. The molecular weight excluding hydrogens is 366 g/mol. The van der Waals surface area contributed by atoms with Crippen molar-refractivity contribution in [2.24, 2.45) is 14.1 Å². The van der Waals surface area contributed by atoms with E-state index in [2.05, 4.69) is 4.98 Å². The first-order valence-corrected chi connectivity index (χ1v) is 9.23. The molecule has 1 N–H and O–H groups in total. The Kier molecular flexibility index (Phi) is 5.36. The number of thiazole rings is 1. The van der Waals surface area contributed by atoms with Gasteiger partial charge in [0.25, 0.3) is 5.56 Å². The molecule has 7 nitrogen and oxygen atoms in total. The molecule has 0 saturated carbocycles. The van der Waals surface area contributed by atoms with E-state index in [9.17, 15) is 14.4 Å². The average Bonchev–Trinajstić information content (AvgIpc) is 3.07. The topological polar surface area (TPSA) is 94.2 Å². The minimum absolute atomic E-state index is 0.0352. The van der Waals surface area contributed by atoms with Gasteiger partial charge in [0.15, 0.2) is 0 Å². The number of hydrogen-bond acceptors (Lipinski definition) is 5. The van der Waals surface area contributed by atoms with Gasteiger partial charge in [-0.2, -0.15) is 0 Å². The summed E-state index contributed by atoms with van der Waals surface area (Å²) in [7, 11) is 3.02. The number of aliphatic carboxylic acids is 1. The Morgan fingerprint density at radius 3 is 2.67 bits per heavy atom. The number of rotatable bonds is 6. The Bertz CT molecular complexity index is 1120. The zero-order valence-electron chi connectivity index (χ0n) is 15.0. The summed E-state index contributed by atoms with van der Waals surface area (Å²) < 4.78 is 3.42. The van der Waals surface area contributed by atoms with Gasteiger partial charge in [-0.15, -0.1) is 11.3 Å². The maximum atomic E-state index is 12.5. The van der Waals surface area contributed by atoms with Gasteiger partial charge in [-0.25, -0.2) is 9.78 Å². The van der Waals surface area contributed by atoms with Crippen molar-refractivity contribution in [1.82, 2.24) is 14.1 Å². The zero-order chi connectivity index (χ0) is 19.6. The van der Waals surface area contributed by atoms with Gasteiger partial charge in [0.2, 0.25) is 0 Å². The lowest BCUT2D eigenvalue weighted by Crippen LogP contribution is -2.37. The highest BCUT2D eigenvalue weighted by Gasteiger charge is 2.12. The van der Waals surface area contributed by atoms with Crippen LogP contribution in [-0.4, -0.2) is 25.2 Å². The first-order valence-electron chi connectivity index (χ1n) is 8.42. The molecule has 3 rings (SSSR count). The monoisotopic (exact) mass is 385 g/mol. The summed E-state index contributed by atoms with van der Waals surface area (Å²) in [5.41, 5.74) is 1.21. The van der Waals surface area contributed by atoms with E-state index < -0.39 is 17.2 Å². The Morgan fingerprint density at radius 1 is 1.22 bits per heavy atom. The fourth-order valence-electron chi connectivity index (χ4n) is 2.80. The van der Waals surface area contributed by atoms with Crippen LogP contribution in [0, 0.1) is 0 Å². The predicted octanol–water partition coefficient (Wildman–Crippen LogP) is 2.49. The van der Waals surface area contributed by atoms with Gasteiger partial charge < -0.3 is 9.67 Å². The summed E-state index contributed by atoms with van der Waals surface area (Å²) in [6.07, 6.45) is 4.14. The maximum absolute atomic E-state index is 12.5. The molecule has 0 aliphatic rings. The van der Waals surface area contributed by atoms with E-state index >= 15 is 0 Å². The lowest BCUT2D eigenvalue weighted by atomic mass is 10.1. The van der Waals surface area contributed by atoms with Crippen LogP contribution in [0.4, 0.5) is 0 Å². The van der Waals surface area contributed by atoms with E-state index in [1.165, 1.54) is 29.1 Å². The summed E-state index contributed by atoms with van der Waals surface area (Å²) in [5, 5.41) is 9.67. The molecule has 140 valence electrons. The highest BCUT2D eigenvalue weighted by molar-refractivity contribution is 7.19. The van der Waals surface area contributed by atoms with Gasteiger partial charge in [-0.3, -0.25) is 14.2 Å². The predicted molar refractivity (Wildman–Crippen MR) is 106 cm³/mol. The average molecular weight is 385 g/mol. The third-order valence-electron chi connectivity index (χ3n) is 4.21. The number of allylic oxidation sites excluding steroid dienone is 1. The first kappa shape index (κ1) is 18.8. The van der Waals surface area contributed by atoms with E-state index in [1.807, 2.05) is 24.3 Å². The molecule has 3 aromatic rings. The number of carboxylic acid groups (broad SMARTS) is 1. The first-order chi connectivity index (χ1) is 12.9. The smallest absolute Gasteiger partial charge is 0.330 e. The number of carbonyl (C=O) groups is 1. The largest absolute Gasteiger partial charge is 0.481 e. The summed E-state index contributed by atoms with van der Waals surface area (Å²) in [4.78, 5) is 39.8. The van der Waals surface area contributed by atoms with Gasteiger partial charge in [0, 0.05) is 26.7 Å². The number of hydrogen-bond donors (Lipinski definition) is 1. The Labute approximate surface area is 158 Å². The quantitative estimate of drug-likeness (QED) is 0.703. The molecule has 1 aromatic carbocycles. The summed E-state index contributed by atoms with van der Waals surface area (Å²) >= 11 is 1.50. The van der Waals surface area contributed by atoms with Crippen LogP contribution in [0.5, 0.6) is 0 Å². The number of aryl methyl sites for hydroxylation is 1. The van der Waals surface area contributed by atoms with Crippen LogP contribution in [-0.2, 0) is 18.9 Å². The molecule has 0 unspecified atom stereocenters. The molecular formula is C19H19N3O4S.